The molecule has 0 spiro atoms. The minimum absolute atomic E-state index is 0.0360. The minimum Gasteiger partial charge on any atom is -0.459 e. The summed E-state index contributed by atoms with van der Waals surface area (Å²) in [5.41, 5.74) is -0.290. The van der Waals surface area contributed by atoms with E-state index in [4.69, 9.17) is 14.2 Å². The van der Waals surface area contributed by atoms with E-state index in [9.17, 15) is 29.4 Å². The quantitative estimate of drug-likeness (QED) is 0.0999. The Kier molecular flexibility index (Phi) is 9.33. The van der Waals surface area contributed by atoms with Gasteiger partial charge in [0.05, 0.1) is 11.6 Å². The fourth-order valence-electron chi connectivity index (χ4n) is 12.2. The fourth-order valence-corrected chi connectivity index (χ4v) is 12.2. The smallest absolute Gasteiger partial charge is 0.459 e. The summed E-state index contributed by atoms with van der Waals surface area (Å²) in [6.45, 7) is 17.2. The van der Waals surface area contributed by atoms with E-state index < -0.39 is 34.7 Å². The normalized spacial score (nSPS) is 41.0. The van der Waals surface area contributed by atoms with E-state index in [-0.39, 0.29) is 59.5 Å². The number of hydrogen-bond donors (Lipinski definition) is 2. The topological polar surface area (TPSA) is 167 Å². The number of ether oxygens (including phenoxy) is 3. The summed E-state index contributed by atoms with van der Waals surface area (Å²) in [5.74, 6) is -2.33. The van der Waals surface area contributed by atoms with Gasteiger partial charge in [0.25, 0.3) is 0 Å². The third-order valence-electron chi connectivity index (χ3n) is 15.6. The lowest BCUT2D eigenvalue weighted by atomic mass is 9.33. The van der Waals surface area contributed by atoms with E-state index in [1.165, 1.54) is 16.5 Å². The molecule has 5 aliphatic carbocycles. The molecule has 1 aromatic rings. The molecule has 4 fully saturated rings. The van der Waals surface area contributed by atoms with Crippen LogP contribution in [0, 0.1) is 56.7 Å². The van der Waals surface area contributed by atoms with Gasteiger partial charge in [0.2, 0.25) is 5.79 Å². The number of carboxylic acid groups (broad SMARTS) is 1. The molecule has 10 atom stereocenters. The van der Waals surface area contributed by atoms with Gasteiger partial charge >= 0.3 is 24.1 Å². The largest absolute Gasteiger partial charge is 0.513 e. The van der Waals surface area contributed by atoms with Crippen molar-refractivity contribution in [2.75, 3.05) is 0 Å². The molecule has 0 amide bonds. The van der Waals surface area contributed by atoms with Crippen molar-refractivity contribution in [1.29, 1.82) is 0 Å². The Hall–Kier alpha value is -3.28. The summed E-state index contributed by atoms with van der Waals surface area (Å²) < 4.78 is 17.4. The number of aromatic nitrogens is 3. The van der Waals surface area contributed by atoms with Gasteiger partial charge in [-0.1, -0.05) is 72.3 Å². The van der Waals surface area contributed by atoms with Crippen LogP contribution in [0.3, 0.4) is 0 Å². The molecule has 12 nitrogen and oxygen atoms in total. The van der Waals surface area contributed by atoms with Crippen LogP contribution in [0.5, 0.6) is 0 Å². The predicted octanol–water partition coefficient (Wildman–Crippen LogP) is 6.84. The van der Waals surface area contributed by atoms with Crippen LogP contribution in [-0.4, -0.2) is 55.1 Å². The average molecular weight is 712 g/mol. The molecule has 2 N–H and O–H groups in total. The summed E-state index contributed by atoms with van der Waals surface area (Å²) in [5, 5.41) is 29.6. The summed E-state index contributed by atoms with van der Waals surface area (Å²) in [4.78, 5) is 50.0. The first-order valence-corrected chi connectivity index (χ1v) is 18.9. The molecule has 0 aromatic carbocycles. The molecule has 4 saturated carbocycles. The first-order valence-electron chi connectivity index (χ1n) is 18.9. The Balaban J connectivity index is 1.24. The molecule has 6 rings (SSSR count). The summed E-state index contributed by atoms with van der Waals surface area (Å²) in [6, 6.07) is 0. The minimum atomic E-state index is -1.68. The standard InChI is InChI=1S/C39H57N3O9/c1-9-29(43)49-22-25-20-42(41-40-25)21-30(44)51-39(48)19-16-35(6)27(34(39,4)5)13-14-37(8)28(35)11-10-26-31-24(3)23(2)12-15-38(31,18-17-36(26,37)7)32(45)50-33(46)47/h10,20,23-24,27-28,31,48H,9,11-19,21-22H2,1-8H3,(H,46,47)/t23-,24+,27?,28-,31+,35+,36-,37-,38+,39?/m1/s1. The van der Waals surface area contributed by atoms with E-state index in [1.807, 2.05) is 13.8 Å². The first-order chi connectivity index (χ1) is 23.8. The van der Waals surface area contributed by atoms with Gasteiger partial charge in [-0.05, 0) is 97.2 Å². The summed E-state index contributed by atoms with van der Waals surface area (Å²) in [6.07, 6.45) is 9.16. The van der Waals surface area contributed by atoms with Crippen LogP contribution in [0.2, 0.25) is 0 Å². The molecule has 0 aliphatic heterocycles. The molecule has 1 aromatic heterocycles. The zero-order valence-corrected chi connectivity index (χ0v) is 31.6. The van der Waals surface area contributed by atoms with E-state index in [0.29, 0.717) is 43.2 Å². The monoisotopic (exact) mass is 711 g/mol. The Labute approximate surface area is 301 Å². The second-order valence-electron chi connectivity index (χ2n) is 17.9. The molecule has 2 unspecified atom stereocenters. The number of esters is 3. The van der Waals surface area contributed by atoms with Crippen molar-refractivity contribution < 1.29 is 43.6 Å². The van der Waals surface area contributed by atoms with Gasteiger partial charge in [0.1, 0.15) is 18.8 Å². The van der Waals surface area contributed by atoms with Crippen molar-refractivity contribution >= 4 is 24.1 Å². The van der Waals surface area contributed by atoms with Crippen molar-refractivity contribution in [2.45, 2.75) is 139 Å². The third-order valence-corrected chi connectivity index (χ3v) is 15.6. The molecule has 0 saturated heterocycles. The van der Waals surface area contributed by atoms with Crippen LogP contribution in [-0.2, 0) is 41.7 Å². The van der Waals surface area contributed by atoms with Crippen LogP contribution in [0.15, 0.2) is 17.8 Å². The highest BCUT2D eigenvalue weighted by Crippen LogP contribution is 2.76. The van der Waals surface area contributed by atoms with E-state index in [0.717, 1.165) is 32.1 Å². The molecule has 12 heteroatoms. The SMILES string of the molecule is CCC(=O)OCc1cn(CC(=O)OC2(O)CC[C@@]3(C)C(CC[C@]4(C)[C@@H]3CC=C3[C@@H]5[C@@H](C)[C@H](C)CC[C@]5(C(=O)OC(=O)O)CC[C@]34C)C2(C)C)nn1. The predicted molar refractivity (Wildman–Crippen MR) is 184 cm³/mol. The van der Waals surface area contributed by atoms with Crippen LogP contribution in [0.4, 0.5) is 4.79 Å². The maximum Gasteiger partial charge on any atom is 0.513 e. The Morgan fingerprint density at radius 3 is 2.35 bits per heavy atom. The number of allylic oxidation sites excluding steroid dienone is 2. The Bertz CT molecular complexity index is 1620. The molecular formula is C39H57N3O9. The van der Waals surface area contributed by atoms with Crippen LogP contribution < -0.4 is 0 Å². The van der Waals surface area contributed by atoms with E-state index >= 15 is 0 Å². The Morgan fingerprint density at radius 2 is 1.67 bits per heavy atom. The highest BCUT2D eigenvalue weighted by atomic mass is 16.7. The second-order valence-corrected chi connectivity index (χ2v) is 17.9. The zero-order valence-electron chi connectivity index (χ0n) is 31.6. The van der Waals surface area contributed by atoms with Crippen LogP contribution in [0.1, 0.15) is 125 Å². The molecular weight excluding hydrogens is 654 g/mol. The second kappa shape index (κ2) is 12.7. The van der Waals surface area contributed by atoms with Gasteiger partial charge in [0.15, 0.2) is 0 Å². The summed E-state index contributed by atoms with van der Waals surface area (Å²) in [7, 11) is 0. The van der Waals surface area contributed by atoms with Crippen LogP contribution in [0.25, 0.3) is 0 Å². The number of nitrogens with zero attached hydrogens (tertiary/aromatic N) is 3. The number of carbonyl (C=O) groups excluding carboxylic acids is 3. The number of rotatable bonds is 7. The van der Waals surface area contributed by atoms with Gasteiger partial charge in [0, 0.05) is 18.3 Å². The highest BCUT2D eigenvalue weighted by Gasteiger charge is 2.71. The lowest BCUT2D eigenvalue weighted by Gasteiger charge is -2.72. The number of carbonyl (C=O) groups is 4. The number of fused-ring (bicyclic) bond motifs is 7. The number of aliphatic hydroxyl groups is 1. The lowest BCUT2D eigenvalue weighted by Crippen LogP contribution is -2.68. The summed E-state index contributed by atoms with van der Waals surface area (Å²) >= 11 is 0. The van der Waals surface area contributed by atoms with Crippen molar-refractivity contribution in [3.05, 3.63) is 23.5 Å². The molecule has 0 bridgehead atoms. The molecule has 5 aliphatic rings. The maximum atomic E-state index is 13.7. The molecule has 1 heterocycles. The molecule has 282 valence electrons. The van der Waals surface area contributed by atoms with Crippen LogP contribution >= 0.6 is 0 Å². The van der Waals surface area contributed by atoms with Crippen molar-refractivity contribution in [1.82, 2.24) is 15.0 Å². The van der Waals surface area contributed by atoms with Gasteiger partial charge in [-0.3, -0.25) is 9.59 Å². The van der Waals surface area contributed by atoms with Gasteiger partial charge in [-0.25, -0.2) is 14.3 Å². The van der Waals surface area contributed by atoms with Crippen molar-refractivity contribution in [3.8, 4) is 0 Å². The fraction of sp³-hybridized carbons (Fsp3) is 0.795. The number of hydrogen-bond acceptors (Lipinski definition) is 10. The van der Waals surface area contributed by atoms with Gasteiger partial charge < -0.3 is 24.4 Å². The average Bonchev–Trinajstić information content (AvgIpc) is 3.50. The van der Waals surface area contributed by atoms with Crippen molar-refractivity contribution in [2.24, 2.45) is 56.7 Å². The zero-order chi connectivity index (χ0) is 37.4. The van der Waals surface area contributed by atoms with Gasteiger partial charge in [-0.15, -0.1) is 5.10 Å². The van der Waals surface area contributed by atoms with Crippen molar-refractivity contribution in [3.63, 3.8) is 0 Å². The van der Waals surface area contributed by atoms with E-state index in [2.05, 4.69) is 51.0 Å². The maximum absolute atomic E-state index is 13.7. The molecule has 0 radical (unpaired) electrons. The van der Waals surface area contributed by atoms with Gasteiger partial charge in [-0.2, -0.15) is 0 Å². The van der Waals surface area contributed by atoms with E-state index in [1.54, 1.807) is 6.92 Å². The first kappa shape index (κ1) is 37.5. The third kappa shape index (κ3) is 5.64. The lowest BCUT2D eigenvalue weighted by molar-refractivity contribution is -0.318. The highest BCUT2D eigenvalue weighted by molar-refractivity contribution is 5.86. The molecule has 51 heavy (non-hydrogen) atoms. The Morgan fingerprint density at radius 1 is 0.941 bits per heavy atom.